The van der Waals surface area contributed by atoms with Crippen LogP contribution in [0.4, 0.5) is 4.39 Å². The van der Waals surface area contributed by atoms with Crippen molar-refractivity contribution in [3.05, 3.63) is 71.7 Å². The first-order valence-corrected chi connectivity index (χ1v) is 10.6. The summed E-state index contributed by atoms with van der Waals surface area (Å²) in [6.45, 7) is 1.03. The summed E-state index contributed by atoms with van der Waals surface area (Å²) in [6, 6.07) is 15.9. The molecule has 4 rings (SSSR count). The predicted molar refractivity (Wildman–Crippen MR) is 121 cm³/mol. The number of para-hydroxylation sites is 1. The Morgan fingerprint density at radius 3 is 2.85 bits per heavy atom. The van der Waals surface area contributed by atoms with Crippen LogP contribution in [0.15, 0.2) is 60.3 Å². The first-order chi connectivity index (χ1) is 16.1. The first kappa shape index (κ1) is 22.2. The lowest BCUT2D eigenvalue weighted by Gasteiger charge is -2.10. The number of nitrogens with zero attached hydrogens (tertiary/aromatic N) is 3. The quantitative estimate of drug-likeness (QED) is 0.439. The molecule has 0 spiro atoms. The summed E-state index contributed by atoms with van der Waals surface area (Å²) in [5, 5.41) is 17.0. The van der Waals surface area contributed by atoms with Gasteiger partial charge in [0.25, 0.3) is 5.91 Å². The second kappa shape index (κ2) is 10.1. The van der Waals surface area contributed by atoms with Gasteiger partial charge in [0.2, 0.25) is 0 Å². The SMILES string of the molecule is COc1ccc(-c2nn(-c3ccccc3)cc2C=C(C#N)C(=O)NCC2CCCO2)cc1F. The molecule has 1 aromatic heterocycles. The Labute approximate surface area is 191 Å². The molecule has 0 saturated carbocycles. The van der Waals surface area contributed by atoms with Gasteiger partial charge in [0.15, 0.2) is 11.6 Å². The van der Waals surface area contributed by atoms with E-state index in [1.165, 1.54) is 25.3 Å². The third-order valence-corrected chi connectivity index (χ3v) is 5.37. The highest BCUT2D eigenvalue weighted by atomic mass is 19.1. The molecule has 0 radical (unpaired) electrons. The van der Waals surface area contributed by atoms with Crippen LogP contribution in [-0.4, -0.2) is 42.1 Å². The van der Waals surface area contributed by atoms with Crippen molar-refractivity contribution in [3.8, 4) is 28.8 Å². The minimum atomic E-state index is -0.533. The van der Waals surface area contributed by atoms with Crippen LogP contribution in [0, 0.1) is 17.1 Å². The van der Waals surface area contributed by atoms with Gasteiger partial charge in [0.1, 0.15) is 17.3 Å². The third-order valence-electron chi connectivity index (χ3n) is 5.37. The lowest BCUT2D eigenvalue weighted by molar-refractivity contribution is -0.117. The maximum absolute atomic E-state index is 14.4. The molecule has 8 heteroatoms. The molecule has 2 heterocycles. The van der Waals surface area contributed by atoms with Gasteiger partial charge in [-0.2, -0.15) is 10.4 Å². The molecule has 2 aromatic carbocycles. The van der Waals surface area contributed by atoms with Crippen LogP contribution in [0.25, 0.3) is 23.0 Å². The molecule has 1 fully saturated rings. The summed E-state index contributed by atoms with van der Waals surface area (Å²) in [5.41, 5.74) is 2.14. The average molecular weight is 446 g/mol. The van der Waals surface area contributed by atoms with Crippen molar-refractivity contribution >= 4 is 12.0 Å². The lowest BCUT2D eigenvalue weighted by atomic mass is 10.1. The normalized spacial score (nSPS) is 15.8. The van der Waals surface area contributed by atoms with E-state index in [1.54, 1.807) is 16.9 Å². The van der Waals surface area contributed by atoms with Crippen molar-refractivity contribution in [3.63, 3.8) is 0 Å². The molecule has 0 aliphatic carbocycles. The van der Waals surface area contributed by atoms with E-state index in [9.17, 15) is 14.4 Å². The Morgan fingerprint density at radius 1 is 1.36 bits per heavy atom. The summed E-state index contributed by atoms with van der Waals surface area (Å²) in [7, 11) is 1.39. The van der Waals surface area contributed by atoms with Crippen molar-refractivity contribution in [1.29, 1.82) is 5.26 Å². The van der Waals surface area contributed by atoms with Gasteiger partial charge in [-0.25, -0.2) is 9.07 Å². The fourth-order valence-corrected chi connectivity index (χ4v) is 3.66. The van der Waals surface area contributed by atoms with Crippen LogP contribution in [0.2, 0.25) is 0 Å². The number of amides is 1. The smallest absolute Gasteiger partial charge is 0.262 e. The number of halogens is 1. The van der Waals surface area contributed by atoms with Crippen LogP contribution < -0.4 is 10.1 Å². The zero-order chi connectivity index (χ0) is 23.2. The maximum atomic E-state index is 14.4. The van der Waals surface area contributed by atoms with Crippen molar-refractivity contribution in [1.82, 2.24) is 15.1 Å². The van der Waals surface area contributed by atoms with Gasteiger partial charge in [-0.3, -0.25) is 4.79 Å². The molecule has 1 unspecified atom stereocenters. The number of nitrogens with one attached hydrogen (secondary N) is 1. The Balaban J connectivity index is 1.70. The number of ether oxygens (including phenoxy) is 2. The number of nitriles is 1. The second-order valence-electron chi connectivity index (χ2n) is 7.58. The van der Waals surface area contributed by atoms with Crippen LogP contribution in [0.3, 0.4) is 0 Å². The molecular formula is C25H23FN4O3. The van der Waals surface area contributed by atoms with E-state index >= 15 is 0 Å². The number of hydrogen-bond acceptors (Lipinski definition) is 5. The van der Waals surface area contributed by atoms with E-state index in [0.29, 0.717) is 30.0 Å². The summed E-state index contributed by atoms with van der Waals surface area (Å²) < 4.78 is 26.5. The fourth-order valence-electron chi connectivity index (χ4n) is 3.66. The second-order valence-corrected chi connectivity index (χ2v) is 7.58. The highest BCUT2D eigenvalue weighted by molar-refractivity contribution is 6.02. The highest BCUT2D eigenvalue weighted by Crippen LogP contribution is 2.29. The van der Waals surface area contributed by atoms with Crippen LogP contribution >= 0.6 is 0 Å². The Bertz CT molecular complexity index is 1210. The van der Waals surface area contributed by atoms with Crippen LogP contribution in [-0.2, 0) is 9.53 Å². The average Bonchev–Trinajstić information content (AvgIpc) is 3.51. The number of rotatable bonds is 7. The van der Waals surface area contributed by atoms with Gasteiger partial charge >= 0.3 is 0 Å². The van der Waals surface area contributed by atoms with Gasteiger partial charge in [-0.05, 0) is 49.2 Å². The van der Waals surface area contributed by atoms with Crippen molar-refractivity contribution in [2.24, 2.45) is 0 Å². The Kier molecular flexibility index (Phi) is 6.81. The number of aromatic nitrogens is 2. The predicted octanol–water partition coefficient (Wildman–Crippen LogP) is 3.89. The van der Waals surface area contributed by atoms with Crippen molar-refractivity contribution < 1.29 is 18.7 Å². The minimum absolute atomic E-state index is 0.0347. The monoisotopic (exact) mass is 446 g/mol. The summed E-state index contributed by atoms with van der Waals surface area (Å²) in [5.74, 6) is -0.911. The molecule has 0 bridgehead atoms. The van der Waals surface area contributed by atoms with E-state index in [0.717, 1.165) is 18.5 Å². The standard InChI is InChI=1S/C25H23FN4O3/c1-32-23-10-9-17(13-22(23)26)24-19(16-30(29-24)20-6-3-2-4-7-20)12-18(14-27)25(31)28-15-21-8-5-11-33-21/h2-4,6-7,9-10,12-13,16,21H,5,8,11,15H2,1H3,(H,28,31). The lowest BCUT2D eigenvalue weighted by Crippen LogP contribution is -2.32. The van der Waals surface area contributed by atoms with Gasteiger partial charge < -0.3 is 14.8 Å². The molecule has 3 aromatic rings. The molecule has 33 heavy (non-hydrogen) atoms. The van der Waals surface area contributed by atoms with Crippen LogP contribution in [0.5, 0.6) is 5.75 Å². The maximum Gasteiger partial charge on any atom is 0.262 e. The molecule has 1 aliphatic rings. The van der Waals surface area contributed by atoms with Gasteiger partial charge in [0.05, 0.1) is 18.9 Å². The molecule has 1 saturated heterocycles. The first-order valence-electron chi connectivity index (χ1n) is 10.6. The van der Waals surface area contributed by atoms with Crippen LogP contribution in [0.1, 0.15) is 18.4 Å². The molecular weight excluding hydrogens is 423 g/mol. The zero-order valence-corrected chi connectivity index (χ0v) is 18.1. The summed E-state index contributed by atoms with van der Waals surface area (Å²) in [4.78, 5) is 12.6. The largest absolute Gasteiger partial charge is 0.494 e. The molecule has 1 amide bonds. The minimum Gasteiger partial charge on any atom is -0.494 e. The number of carbonyl (C=O) groups excluding carboxylic acids is 1. The number of benzene rings is 2. The van der Waals surface area contributed by atoms with E-state index in [-0.39, 0.29) is 17.4 Å². The molecule has 1 aliphatic heterocycles. The molecule has 1 atom stereocenters. The van der Waals surface area contributed by atoms with Gasteiger partial charge in [0, 0.05) is 30.5 Å². The summed E-state index contributed by atoms with van der Waals surface area (Å²) in [6.07, 6.45) is 4.98. The fraction of sp³-hybridized carbons (Fsp3) is 0.240. The van der Waals surface area contributed by atoms with E-state index < -0.39 is 11.7 Å². The number of hydrogen-bond donors (Lipinski definition) is 1. The van der Waals surface area contributed by atoms with Crippen molar-refractivity contribution in [2.75, 3.05) is 20.3 Å². The summed E-state index contributed by atoms with van der Waals surface area (Å²) >= 11 is 0. The van der Waals surface area contributed by atoms with E-state index in [4.69, 9.17) is 9.47 Å². The Hall–Kier alpha value is -3.96. The molecule has 168 valence electrons. The molecule has 1 N–H and O–H groups in total. The topological polar surface area (TPSA) is 89.2 Å². The zero-order valence-electron chi connectivity index (χ0n) is 18.1. The molecule has 7 nitrogen and oxygen atoms in total. The van der Waals surface area contributed by atoms with E-state index in [1.807, 2.05) is 36.4 Å². The number of methoxy groups -OCH3 is 1. The van der Waals surface area contributed by atoms with Gasteiger partial charge in [-0.15, -0.1) is 0 Å². The number of carbonyl (C=O) groups is 1. The van der Waals surface area contributed by atoms with Crippen molar-refractivity contribution in [2.45, 2.75) is 18.9 Å². The highest BCUT2D eigenvalue weighted by Gasteiger charge is 2.19. The third kappa shape index (κ3) is 5.10. The van der Waals surface area contributed by atoms with Gasteiger partial charge in [-0.1, -0.05) is 18.2 Å². The Morgan fingerprint density at radius 2 is 2.18 bits per heavy atom. The van der Waals surface area contributed by atoms with E-state index in [2.05, 4.69) is 10.4 Å².